The van der Waals surface area contributed by atoms with Crippen LogP contribution in [-0.4, -0.2) is 11.1 Å². The molecule has 0 amide bonds. The first kappa shape index (κ1) is 13.7. The van der Waals surface area contributed by atoms with Crippen molar-refractivity contribution >= 4 is 11.6 Å². The lowest BCUT2D eigenvalue weighted by molar-refractivity contribution is 0.205. The normalized spacial score (nSPS) is 19.9. The van der Waals surface area contributed by atoms with Crippen LogP contribution in [0.1, 0.15) is 45.1 Å². The van der Waals surface area contributed by atoms with Crippen LogP contribution in [0.2, 0.25) is 5.02 Å². The Morgan fingerprint density at radius 2 is 2.00 bits per heavy atom. The largest absolute Gasteiger partial charge is 0.508 e. The van der Waals surface area contributed by atoms with E-state index < -0.39 is 0 Å². The number of aromatic hydroxyl groups is 1. The molecule has 1 saturated carbocycles. The van der Waals surface area contributed by atoms with E-state index in [0.29, 0.717) is 23.0 Å². The molecule has 2 nitrogen and oxygen atoms in total. The molecule has 0 aromatic heterocycles. The lowest BCUT2D eigenvalue weighted by atomic mass is 9.75. The molecule has 1 fully saturated rings. The number of rotatable bonds is 3. The van der Waals surface area contributed by atoms with E-state index in [1.807, 2.05) is 6.07 Å². The molecule has 0 spiro atoms. The Balaban J connectivity index is 1.89. The topological polar surface area (TPSA) is 32.3 Å². The highest BCUT2D eigenvalue weighted by Gasteiger charge is 2.26. The van der Waals surface area contributed by atoms with Crippen molar-refractivity contribution in [3.05, 3.63) is 28.8 Å². The predicted molar refractivity (Wildman–Crippen MR) is 76.0 cm³/mol. The Bertz CT molecular complexity index is 387. The first-order chi connectivity index (χ1) is 8.48. The second-order valence-corrected chi connectivity index (χ2v) is 6.46. The number of phenolic OH excluding ortho intramolecular Hbond substituents is 1. The molecule has 3 heteroatoms. The lowest BCUT2D eigenvalue weighted by Gasteiger charge is -2.34. The molecule has 0 radical (unpaired) electrons. The first-order valence-electron chi connectivity index (χ1n) is 6.68. The van der Waals surface area contributed by atoms with Crippen LogP contribution in [0, 0.1) is 5.41 Å². The van der Waals surface area contributed by atoms with Gasteiger partial charge >= 0.3 is 0 Å². The number of hydrogen-bond acceptors (Lipinski definition) is 2. The molecular weight excluding hydrogens is 246 g/mol. The Labute approximate surface area is 114 Å². The first-order valence-corrected chi connectivity index (χ1v) is 7.05. The standard InChI is InChI=1S/C15H22ClNO/c1-15(2)8-6-11(7-9-15)17-10-12-13(16)4-3-5-14(12)18/h3-5,11,17-18H,6-10H2,1-2H3. The smallest absolute Gasteiger partial charge is 0.121 e. The van der Waals surface area contributed by atoms with Crippen LogP contribution in [0.3, 0.4) is 0 Å². The second kappa shape index (κ2) is 5.50. The molecule has 0 unspecified atom stereocenters. The van der Waals surface area contributed by atoms with Crippen molar-refractivity contribution in [1.29, 1.82) is 0 Å². The van der Waals surface area contributed by atoms with E-state index in [1.54, 1.807) is 12.1 Å². The van der Waals surface area contributed by atoms with Gasteiger partial charge in [0, 0.05) is 23.2 Å². The molecule has 0 atom stereocenters. The van der Waals surface area contributed by atoms with Crippen molar-refractivity contribution in [3.8, 4) is 5.75 Å². The zero-order valence-corrected chi connectivity index (χ0v) is 11.9. The summed E-state index contributed by atoms with van der Waals surface area (Å²) in [5.41, 5.74) is 1.30. The van der Waals surface area contributed by atoms with Gasteiger partial charge in [-0.2, -0.15) is 0 Å². The highest BCUT2D eigenvalue weighted by molar-refractivity contribution is 6.31. The van der Waals surface area contributed by atoms with Gasteiger partial charge in [0.25, 0.3) is 0 Å². The monoisotopic (exact) mass is 267 g/mol. The fraction of sp³-hybridized carbons (Fsp3) is 0.600. The maximum atomic E-state index is 9.78. The van der Waals surface area contributed by atoms with E-state index in [9.17, 15) is 5.11 Å². The molecule has 0 bridgehead atoms. The van der Waals surface area contributed by atoms with Crippen molar-refractivity contribution in [3.63, 3.8) is 0 Å². The lowest BCUT2D eigenvalue weighted by Crippen LogP contribution is -2.35. The molecular formula is C15H22ClNO. The van der Waals surface area contributed by atoms with Crippen molar-refractivity contribution in [2.45, 2.75) is 52.1 Å². The average molecular weight is 268 g/mol. The molecule has 18 heavy (non-hydrogen) atoms. The van der Waals surface area contributed by atoms with Crippen LogP contribution < -0.4 is 5.32 Å². The van der Waals surface area contributed by atoms with E-state index in [4.69, 9.17) is 11.6 Å². The quantitative estimate of drug-likeness (QED) is 0.864. The minimum absolute atomic E-state index is 0.283. The SMILES string of the molecule is CC1(C)CCC(NCc2c(O)cccc2Cl)CC1. The number of nitrogens with one attached hydrogen (secondary N) is 1. The summed E-state index contributed by atoms with van der Waals surface area (Å²) in [4.78, 5) is 0. The van der Waals surface area contributed by atoms with Gasteiger partial charge in [0.2, 0.25) is 0 Å². The zero-order chi connectivity index (χ0) is 13.2. The summed E-state index contributed by atoms with van der Waals surface area (Å²) in [7, 11) is 0. The fourth-order valence-electron chi connectivity index (χ4n) is 2.57. The third-order valence-electron chi connectivity index (χ3n) is 4.00. The summed E-state index contributed by atoms with van der Waals surface area (Å²) in [6, 6.07) is 5.83. The molecule has 1 aromatic rings. The van der Waals surface area contributed by atoms with Gasteiger partial charge < -0.3 is 10.4 Å². The van der Waals surface area contributed by atoms with Crippen molar-refractivity contribution in [2.75, 3.05) is 0 Å². The van der Waals surface area contributed by atoms with E-state index in [2.05, 4.69) is 19.2 Å². The zero-order valence-electron chi connectivity index (χ0n) is 11.2. The molecule has 1 aliphatic rings. The summed E-state index contributed by atoms with van der Waals surface area (Å²) < 4.78 is 0. The van der Waals surface area contributed by atoms with Crippen molar-refractivity contribution in [1.82, 2.24) is 5.32 Å². The van der Waals surface area contributed by atoms with Gasteiger partial charge in [0.05, 0.1) is 0 Å². The molecule has 0 aliphatic heterocycles. The summed E-state index contributed by atoms with van der Waals surface area (Å²) in [6.45, 7) is 5.32. The van der Waals surface area contributed by atoms with Gasteiger partial charge in [-0.3, -0.25) is 0 Å². The summed E-state index contributed by atoms with van der Waals surface area (Å²) in [5.74, 6) is 0.283. The third-order valence-corrected chi connectivity index (χ3v) is 4.35. The van der Waals surface area contributed by atoms with Gasteiger partial charge in [-0.05, 0) is 43.2 Å². The Morgan fingerprint density at radius 1 is 1.33 bits per heavy atom. The molecule has 1 aromatic carbocycles. The van der Waals surface area contributed by atoms with E-state index in [1.165, 1.54) is 25.7 Å². The van der Waals surface area contributed by atoms with Crippen LogP contribution in [0.5, 0.6) is 5.75 Å². The van der Waals surface area contributed by atoms with Gasteiger partial charge in [-0.15, -0.1) is 0 Å². The van der Waals surface area contributed by atoms with Gasteiger partial charge in [0.15, 0.2) is 0 Å². The minimum Gasteiger partial charge on any atom is -0.508 e. The summed E-state index contributed by atoms with van der Waals surface area (Å²) in [6.07, 6.45) is 4.94. The number of hydrogen-bond donors (Lipinski definition) is 2. The van der Waals surface area contributed by atoms with Crippen LogP contribution in [0.15, 0.2) is 18.2 Å². The number of phenols is 1. The van der Waals surface area contributed by atoms with Crippen LogP contribution in [0.25, 0.3) is 0 Å². The predicted octanol–water partition coefficient (Wildman–Crippen LogP) is 4.10. The van der Waals surface area contributed by atoms with Gasteiger partial charge in [-0.25, -0.2) is 0 Å². The molecule has 100 valence electrons. The van der Waals surface area contributed by atoms with E-state index in [-0.39, 0.29) is 5.75 Å². The van der Waals surface area contributed by atoms with Gasteiger partial charge in [-0.1, -0.05) is 31.5 Å². The maximum Gasteiger partial charge on any atom is 0.121 e. The number of halogens is 1. The highest BCUT2D eigenvalue weighted by Crippen LogP contribution is 2.35. The highest BCUT2D eigenvalue weighted by atomic mass is 35.5. The molecule has 0 heterocycles. The Hall–Kier alpha value is -0.730. The summed E-state index contributed by atoms with van der Waals surface area (Å²) >= 11 is 6.09. The van der Waals surface area contributed by atoms with Crippen LogP contribution >= 0.6 is 11.6 Å². The molecule has 2 N–H and O–H groups in total. The molecule has 2 rings (SSSR count). The van der Waals surface area contributed by atoms with Crippen molar-refractivity contribution < 1.29 is 5.11 Å². The average Bonchev–Trinajstić information content (AvgIpc) is 2.30. The minimum atomic E-state index is 0.283. The second-order valence-electron chi connectivity index (χ2n) is 6.06. The number of benzene rings is 1. The fourth-order valence-corrected chi connectivity index (χ4v) is 2.81. The van der Waals surface area contributed by atoms with Crippen LogP contribution in [0.4, 0.5) is 0 Å². The Kier molecular flexibility index (Phi) is 4.18. The molecule has 0 saturated heterocycles. The van der Waals surface area contributed by atoms with Crippen molar-refractivity contribution in [2.24, 2.45) is 5.41 Å². The van der Waals surface area contributed by atoms with Gasteiger partial charge in [0.1, 0.15) is 5.75 Å². The third kappa shape index (κ3) is 3.39. The maximum absolute atomic E-state index is 9.78. The molecule has 1 aliphatic carbocycles. The van der Waals surface area contributed by atoms with E-state index >= 15 is 0 Å². The Morgan fingerprint density at radius 3 is 2.61 bits per heavy atom. The summed E-state index contributed by atoms with van der Waals surface area (Å²) in [5, 5.41) is 13.9. The van der Waals surface area contributed by atoms with Crippen LogP contribution in [-0.2, 0) is 6.54 Å². The van der Waals surface area contributed by atoms with E-state index in [0.717, 1.165) is 5.56 Å².